The van der Waals surface area contributed by atoms with Crippen molar-refractivity contribution in [3.63, 3.8) is 0 Å². The average Bonchev–Trinajstić information content (AvgIpc) is 2.47. The Kier molecular flexibility index (Phi) is 4.44. The van der Waals surface area contributed by atoms with Crippen molar-refractivity contribution in [3.8, 4) is 11.5 Å². The smallest absolute Gasteiger partial charge is 0.311 e. The second-order valence-corrected chi connectivity index (χ2v) is 4.34. The number of anilines is 2. The van der Waals surface area contributed by atoms with Gasteiger partial charge in [0.15, 0.2) is 0 Å². The van der Waals surface area contributed by atoms with Crippen LogP contribution in [0.2, 0.25) is 5.15 Å². The molecule has 0 amide bonds. The molecule has 0 fully saturated rings. The third-order valence-corrected chi connectivity index (χ3v) is 2.91. The van der Waals surface area contributed by atoms with Gasteiger partial charge in [0.05, 0.1) is 24.8 Å². The van der Waals surface area contributed by atoms with E-state index in [1.165, 1.54) is 26.4 Å². The quantitative estimate of drug-likeness (QED) is 0.517. The van der Waals surface area contributed by atoms with E-state index < -0.39 is 4.92 Å². The first-order chi connectivity index (χ1) is 10.0. The molecule has 0 atom stereocenters. The second-order valence-electron chi connectivity index (χ2n) is 3.95. The largest absolute Gasteiger partial charge is 0.497 e. The number of hydrogen-bond donors (Lipinski definition) is 1. The summed E-state index contributed by atoms with van der Waals surface area (Å²) in [5.41, 5.74) is 0.291. The van der Waals surface area contributed by atoms with Gasteiger partial charge in [-0.05, 0) is 18.2 Å². The van der Waals surface area contributed by atoms with Crippen LogP contribution < -0.4 is 14.8 Å². The van der Waals surface area contributed by atoms with Gasteiger partial charge in [0.25, 0.3) is 0 Å². The highest BCUT2D eigenvalue weighted by Gasteiger charge is 2.17. The molecule has 1 aromatic carbocycles. The molecule has 0 saturated heterocycles. The molecule has 0 aliphatic rings. The summed E-state index contributed by atoms with van der Waals surface area (Å²) in [6, 6.07) is 7.67. The number of ether oxygens (including phenoxy) is 2. The predicted molar refractivity (Wildman–Crippen MR) is 78.7 cm³/mol. The van der Waals surface area contributed by atoms with Gasteiger partial charge in [-0.1, -0.05) is 11.6 Å². The fourth-order valence-corrected chi connectivity index (χ4v) is 1.85. The Morgan fingerprint density at radius 1 is 1.24 bits per heavy atom. The van der Waals surface area contributed by atoms with Gasteiger partial charge in [-0.15, -0.1) is 0 Å². The van der Waals surface area contributed by atoms with Crippen LogP contribution in [0.15, 0.2) is 30.3 Å². The van der Waals surface area contributed by atoms with E-state index in [4.69, 9.17) is 21.1 Å². The van der Waals surface area contributed by atoms with Crippen LogP contribution in [0, 0.1) is 10.1 Å². The molecule has 21 heavy (non-hydrogen) atoms. The minimum Gasteiger partial charge on any atom is -0.497 e. The maximum Gasteiger partial charge on any atom is 0.311 e. The number of hydrogen-bond acceptors (Lipinski definition) is 6. The minimum atomic E-state index is -0.543. The lowest BCUT2D eigenvalue weighted by atomic mass is 10.2. The van der Waals surface area contributed by atoms with E-state index in [1.54, 1.807) is 18.2 Å². The van der Waals surface area contributed by atoms with Gasteiger partial charge in [0.2, 0.25) is 5.82 Å². The fraction of sp³-hybridized carbons (Fsp3) is 0.154. The monoisotopic (exact) mass is 309 g/mol. The molecule has 2 aromatic rings. The number of benzene rings is 1. The molecule has 8 heteroatoms. The van der Waals surface area contributed by atoms with Crippen LogP contribution in [0.4, 0.5) is 17.2 Å². The highest BCUT2D eigenvalue weighted by atomic mass is 35.5. The number of nitro groups is 1. The van der Waals surface area contributed by atoms with Crippen molar-refractivity contribution in [2.45, 2.75) is 0 Å². The molecule has 0 saturated carbocycles. The number of rotatable bonds is 5. The Labute approximate surface area is 125 Å². The zero-order chi connectivity index (χ0) is 15.4. The molecule has 2 rings (SSSR count). The number of nitrogens with zero attached hydrogens (tertiary/aromatic N) is 2. The summed E-state index contributed by atoms with van der Waals surface area (Å²) in [5.74, 6) is 1.09. The molecule has 0 radical (unpaired) electrons. The Morgan fingerprint density at radius 3 is 2.62 bits per heavy atom. The van der Waals surface area contributed by atoms with Crippen molar-refractivity contribution in [2.75, 3.05) is 19.5 Å². The van der Waals surface area contributed by atoms with Crippen molar-refractivity contribution in [1.29, 1.82) is 0 Å². The van der Waals surface area contributed by atoms with E-state index in [-0.39, 0.29) is 16.7 Å². The first-order valence-corrected chi connectivity index (χ1v) is 6.23. The van der Waals surface area contributed by atoms with E-state index in [0.29, 0.717) is 17.2 Å². The second kappa shape index (κ2) is 6.27. The predicted octanol–water partition coefficient (Wildman–Crippen LogP) is 3.40. The van der Waals surface area contributed by atoms with Crippen molar-refractivity contribution >= 4 is 28.8 Å². The molecule has 0 spiro atoms. The molecule has 7 nitrogen and oxygen atoms in total. The summed E-state index contributed by atoms with van der Waals surface area (Å²) in [6.45, 7) is 0. The van der Waals surface area contributed by atoms with Crippen LogP contribution in [0.25, 0.3) is 0 Å². The number of pyridine rings is 1. The SMILES string of the molecule is COc1ccc(OC)c(Nc2nc(Cl)ccc2[N+](=O)[O-])c1. The Hall–Kier alpha value is -2.54. The molecule has 1 aromatic heterocycles. The molecule has 0 aliphatic heterocycles. The van der Waals surface area contributed by atoms with Crippen LogP contribution in [0.5, 0.6) is 11.5 Å². The molecule has 0 aliphatic carbocycles. The van der Waals surface area contributed by atoms with Crippen LogP contribution in [-0.4, -0.2) is 24.1 Å². The van der Waals surface area contributed by atoms with Crippen molar-refractivity contribution in [1.82, 2.24) is 4.98 Å². The molecule has 110 valence electrons. The molecular formula is C13H12ClN3O4. The third-order valence-electron chi connectivity index (χ3n) is 2.70. The van der Waals surface area contributed by atoms with Gasteiger partial charge in [-0.3, -0.25) is 10.1 Å². The van der Waals surface area contributed by atoms with Crippen molar-refractivity contribution in [2.24, 2.45) is 0 Å². The fourth-order valence-electron chi connectivity index (χ4n) is 1.71. The maximum atomic E-state index is 11.0. The summed E-state index contributed by atoms with van der Waals surface area (Å²) in [5, 5.41) is 14.0. The molecular weight excluding hydrogens is 298 g/mol. The van der Waals surface area contributed by atoms with Crippen LogP contribution in [0.3, 0.4) is 0 Å². The number of halogens is 1. The Bertz CT molecular complexity index is 678. The van der Waals surface area contributed by atoms with E-state index in [1.807, 2.05) is 0 Å². The minimum absolute atomic E-state index is 0.0269. The van der Waals surface area contributed by atoms with Crippen molar-refractivity contribution < 1.29 is 14.4 Å². The molecule has 0 unspecified atom stereocenters. The standard InChI is InChI=1S/C13H12ClN3O4/c1-20-8-3-5-11(21-2)9(7-8)15-13-10(17(18)19)4-6-12(14)16-13/h3-7H,1-2H3,(H,15,16). The van der Waals surface area contributed by atoms with Crippen LogP contribution >= 0.6 is 11.6 Å². The maximum absolute atomic E-state index is 11.0. The van der Waals surface area contributed by atoms with E-state index in [2.05, 4.69) is 10.3 Å². The summed E-state index contributed by atoms with van der Waals surface area (Å²) >= 11 is 5.79. The number of nitrogens with one attached hydrogen (secondary N) is 1. The van der Waals surface area contributed by atoms with Crippen LogP contribution in [0.1, 0.15) is 0 Å². The van der Waals surface area contributed by atoms with Crippen molar-refractivity contribution in [3.05, 3.63) is 45.6 Å². The number of aromatic nitrogens is 1. The van der Waals surface area contributed by atoms with E-state index in [0.717, 1.165) is 0 Å². The Balaban J connectivity index is 2.46. The summed E-state index contributed by atoms with van der Waals surface area (Å²) in [7, 11) is 3.01. The zero-order valence-corrected chi connectivity index (χ0v) is 12.0. The lowest BCUT2D eigenvalue weighted by Gasteiger charge is -2.12. The van der Waals surface area contributed by atoms with Gasteiger partial charge < -0.3 is 14.8 Å². The van der Waals surface area contributed by atoms with Gasteiger partial charge in [-0.25, -0.2) is 4.98 Å². The summed E-state index contributed by atoms with van der Waals surface area (Å²) < 4.78 is 10.3. The van der Waals surface area contributed by atoms with Gasteiger partial charge in [0, 0.05) is 12.1 Å². The summed E-state index contributed by atoms with van der Waals surface area (Å²) in [4.78, 5) is 14.4. The van der Waals surface area contributed by atoms with Gasteiger partial charge in [0.1, 0.15) is 16.7 Å². The first-order valence-electron chi connectivity index (χ1n) is 5.85. The third kappa shape index (κ3) is 3.32. The lowest BCUT2D eigenvalue weighted by molar-refractivity contribution is -0.384. The van der Waals surface area contributed by atoms with Gasteiger partial charge >= 0.3 is 5.69 Å². The normalized spacial score (nSPS) is 10.0. The summed E-state index contributed by atoms with van der Waals surface area (Å²) in [6.07, 6.45) is 0. The Morgan fingerprint density at radius 2 is 2.00 bits per heavy atom. The zero-order valence-electron chi connectivity index (χ0n) is 11.3. The molecule has 1 N–H and O–H groups in total. The first kappa shape index (κ1) is 14.9. The topological polar surface area (TPSA) is 86.5 Å². The molecule has 1 heterocycles. The lowest BCUT2D eigenvalue weighted by Crippen LogP contribution is -2.01. The highest BCUT2D eigenvalue weighted by molar-refractivity contribution is 6.29. The number of methoxy groups -OCH3 is 2. The van der Waals surface area contributed by atoms with Crippen LogP contribution in [-0.2, 0) is 0 Å². The van der Waals surface area contributed by atoms with E-state index >= 15 is 0 Å². The average molecular weight is 310 g/mol. The highest BCUT2D eigenvalue weighted by Crippen LogP contribution is 2.34. The molecule has 0 bridgehead atoms. The van der Waals surface area contributed by atoms with Gasteiger partial charge in [-0.2, -0.15) is 0 Å². The van der Waals surface area contributed by atoms with E-state index in [9.17, 15) is 10.1 Å².